The zero-order valence-corrected chi connectivity index (χ0v) is 20.1. The topological polar surface area (TPSA) is 90.4 Å². The molecule has 0 amide bonds. The van der Waals surface area contributed by atoms with Crippen LogP contribution in [0.4, 0.5) is 31.7 Å². The molecule has 1 aliphatic rings. The lowest BCUT2D eigenvalue weighted by atomic mass is 10.2. The first kappa shape index (κ1) is 24.5. The van der Waals surface area contributed by atoms with E-state index in [-0.39, 0.29) is 24.3 Å². The van der Waals surface area contributed by atoms with E-state index < -0.39 is 0 Å². The number of anilines is 3. The van der Waals surface area contributed by atoms with E-state index in [1.165, 1.54) is 18.5 Å². The van der Waals surface area contributed by atoms with E-state index in [4.69, 9.17) is 4.99 Å². The molecule has 3 N–H and O–H groups in total. The minimum absolute atomic E-state index is 0.000745. The van der Waals surface area contributed by atoms with Gasteiger partial charge in [0.25, 0.3) is 0 Å². The van der Waals surface area contributed by atoms with Crippen molar-refractivity contribution in [3.8, 4) is 0 Å². The van der Waals surface area contributed by atoms with Crippen LogP contribution in [0.3, 0.4) is 0 Å². The fourth-order valence-electron chi connectivity index (χ4n) is 3.84. The van der Waals surface area contributed by atoms with Crippen molar-refractivity contribution in [3.05, 3.63) is 65.9 Å². The monoisotopic (exact) mass is 480 g/mol. The van der Waals surface area contributed by atoms with Crippen LogP contribution < -0.4 is 16.0 Å². The molecule has 1 aliphatic heterocycles. The third kappa shape index (κ3) is 6.27. The minimum atomic E-state index is -0.368. The summed E-state index contributed by atoms with van der Waals surface area (Å²) in [6, 6.07) is 7.98. The Kier molecular flexibility index (Phi) is 7.81. The molecule has 8 nitrogen and oxygen atoms in total. The summed E-state index contributed by atoms with van der Waals surface area (Å²) in [5.41, 5.74) is 3.97. The molecule has 0 saturated carbocycles. The number of nitrogens with one attached hydrogen (secondary N) is 3. The molecular weight excluding hydrogens is 450 g/mol. The molecule has 0 aliphatic carbocycles. The number of nitrogens with zero attached hydrogens (tertiary/aromatic N) is 5. The third-order valence-corrected chi connectivity index (χ3v) is 5.88. The molecule has 0 spiro atoms. The number of benzene rings is 1. The van der Waals surface area contributed by atoms with Gasteiger partial charge in [0.15, 0.2) is 5.82 Å². The smallest absolute Gasteiger partial charge is 0.155 e. The number of hydrogen-bond donors (Lipinski definition) is 3. The van der Waals surface area contributed by atoms with Gasteiger partial charge in [0.2, 0.25) is 0 Å². The van der Waals surface area contributed by atoms with Crippen LogP contribution in [0.5, 0.6) is 0 Å². The predicted octanol–water partition coefficient (Wildman–Crippen LogP) is 4.74. The van der Waals surface area contributed by atoms with Crippen LogP contribution >= 0.6 is 0 Å². The number of hydrogen-bond acceptors (Lipinski definition) is 8. The van der Waals surface area contributed by atoms with Gasteiger partial charge in [-0.1, -0.05) is 6.07 Å². The second-order valence-corrected chi connectivity index (χ2v) is 8.63. The summed E-state index contributed by atoms with van der Waals surface area (Å²) in [6.07, 6.45) is 4.61. The van der Waals surface area contributed by atoms with Crippen LogP contribution in [-0.4, -0.2) is 51.9 Å². The molecule has 0 fully saturated rings. The molecule has 0 saturated heterocycles. The zero-order chi connectivity index (χ0) is 24.8. The van der Waals surface area contributed by atoms with E-state index in [2.05, 4.69) is 42.8 Å². The lowest BCUT2D eigenvalue weighted by Gasteiger charge is -2.20. The van der Waals surface area contributed by atoms with Gasteiger partial charge in [0, 0.05) is 25.0 Å². The number of fused-ring (bicyclic) bond motifs is 1. The number of aryl methyl sites for hydroxylation is 1. The van der Waals surface area contributed by atoms with Crippen molar-refractivity contribution in [1.29, 1.82) is 0 Å². The van der Waals surface area contributed by atoms with Gasteiger partial charge in [-0.05, 0) is 58.0 Å². The SMILES string of the molecule is C/C(CCN(C)CCC1Nc2cccc(F)c2N1)=N\c1c(C)ncnc1NCc1ncccc1F. The second-order valence-electron chi connectivity index (χ2n) is 8.63. The van der Waals surface area contributed by atoms with Crippen molar-refractivity contribution in [2.75, 3.05) is 36.1 Å². The Balaban J connectivity index is 1.29. The molecule has 35 heavy (non-hydrogen) atoms. The Labute approximate surface area is 203 Å². The van der Waals surface area contributed by atoms with E-state index in [0.717, 1.165) is 43.0 Å². The van der Waals surface area contributed by atoms with E-state index in [0.29, 0.717) is 22.9 Å². The van der Waals surface area contributed by atoms with Crippen molar-refractivity contribution in [2.24, 2.45) is 4.99 Å². The molecule has 184 valence electrons. The number of para-hydroxylation sites is 1. The standard InChI is InChI=1S/C25H30F2N8/c1-16(9-12-35(3)13-10-22-33-20-8-4-6-19(27)24(20)34-22)32-23-17(2)30-15-31-25(23)29-14-21-18(26)7-5-11-28-21/h4-8,11,15,22,33-34H,9-10,12-14H2,1-3H3,(H,29,30,31)/b32-16+. The first-order chi connectivity index (χ1) is 16.9. The van der Waals surface area contributed by atoms with E-state index in [1.807, 2.05) is 19.9 Å². The summed E-state index contributed by atoms with van der Waals surface area (Å²) in [5.74, 6) is -0.0654. The van der Waals surface area contributed by atoms with Crippen LogP contribution in [0, 0.1) is 18.6 Å². The fraction of sp³-hybridized carbons (Fsp3) is 0.360. The summed E-state index contributed by atoms with van der Waals surface area (Å²) in [7, 11) is 2.06. The highest BCUT2D eigenvalue weighted by Gasteiger charge is 2.22. The van der Waals surface area contributed by atoms with Crippen LogP contribution in [0.25, 0.3) is 0 Å². The highest BCUT2D eigenvalue weighted by Crippen LogP contribution is 2.32. The Morgan fingerprint density at radius 1 is 1.09 bits per heavy atom. The number of aliphatic imine (C=N–C) groups is 1. The quantitative estimate of drug-likeness (QED) is 0.361. The Bertz CT molecular complexity index is 1200. The second kappa shape index (κ2) is 11.2. The van der Waals surface area contributed by atoms with Gasteiger partial charge in [-0.15, -0.1) is 0 Å². The average Bonchev–Trinajstić information content (AvgIpc) is 3.27. The van der Waals surface area contributed by atoms with Gasteiger partial charge in [-0.25, -0.2) is 18.7 Å². The Hall–Kier alpha value is -3.66. The van der Waals surface area contributed by atoms with Crippen LogP contribution in [0.2, 0.25) is 0 Å². The van der Waals surface area contributed by atoms with Crippen LogP contribution in [0.1, 0.15) is 31.2 Å². The molecule has 1 unspecified atom stereocenters. The fourth-order valence-corrected chi connectivity index (χ4v) is 3.84. The maximum Gasteiger partial charge on any atom is 0.155 e. The molecular formula is C25H30F2N8. The van der Waals surface area contributed by atoms with Crippen LogP contribution in [-0.2, 0) is 6.54 Å². The van der Waals surface area contributed by atoms with Crippen molar-refractivity contribution in [2.45, 2.75) is 39.4 Å². The number of halogens is 2. The lowest BCUT2D eigenvalue weighted by Crippen LogP contribution is -2.30. The van der Waals surface area contributed by atoms with Crippen LogP contribution in [0.15, 0.2) is 47.8 Å². The third-order valence-electron chi connectivity index (χ3n) is 5.88. The lowest BCUT2D eigenvalue weighted by molar-refractivity contribution is 0.334. The largest absolute Gasteiger partial charge is 0.364 e. The molecule has 1 aromatic carbocycles. The molecule has 2 aromatic heterocycles. The molecule has 3 heterocycles. The molecule has 0 radical (unpaired) electrons. The van der Waals surface area contributed by atoms with E-state index >= 15 is 0 Å². The molecule has 1 atom stereocenters. The first-order valence-corrected chi connectivity index (χ1v) is 11.6. The number of pyridine rings is 1. The predicted molar refractivity (Wildman–Crippen MR) is 135 cm³/mol. The summed E-state index contributed by atoms with van der Waals surface area (Å²) >= 11 is 0. The number of rotatable bonds is 10. The summed E-state index contributed by atoms with van der Waals surface area (Å²) in [5, 5.41) is 9.66. The Morgan fingerprint density at radius 2 is 1.91 bits per heavy atom. The van der Waals surface area contributed by atoms with E-state index in [1.54, 1.807) is 18.3 Å². The summed E-state index contributed by atoms with van der Waals surface area (Å²) in [4.78, 5) is 19.6. The van der Waals surface area contributed by atoms with Gasteiger partial charge in [0.1, 0.15) is 23.6 Å². The van der Waals surface area contributed by atoms with Gasteiger partial charge < -0.3 is 20.9 Å². The highest BCUT2D eigenvalue weighted by molar-refractivity contribution is 5.86. The maximum atomic E-state index is 13.9. The molecule has 0 bridgehead atoms. The van der Waals surface area contributed by atoms with E-state index in [9.17, 15) is 8.78 Å². The normalized spacial score (nSPS) is 15.0. The maximum absolute atomic E-state index is 13.9. The molecule has 10 heteroatoms. The van der Waals surface area contributed by atoms with Crippen molar-refractivity contribution < 1.29 is 8.78 Å². The van der Waals surface area contributed by atoms with Gasteiger partial charge in [-0.2, -0.15) is 0 Å². The molecule has 3 aromatic rings. The van der Waals surface area contributed by atoms with Crippen molar-refractivity contribution >= 4 is 28.6 Å². The zero-order valence-electron chi connectivity index (χ0n) is 20.1. The summed E-state index contributed by atoms with van der Waals surface area (Å²) in [6.45, 7) is 5.70. The van der Waals surface area contributed by atoms with Crippen molar-refractivity contribution in [3.63, 3.8) is 0 Å². The molecule has 4 rings (SSSR count). The highest BCUT2D eigenvalue weighted by atomic mass is 19.1. The van der Waals surface area contributed by atoms with Gasteiger partial charge in [-0.3, -0.25) is 9.98 Å². The Morgan fingerprint density at radius 3 is 2.71 bits per heavy atom. The van der Waals surface area contributed by atoms with Gasteiger partial charge in [0.05, 0.1) is 35.5 Å². The average molecular weight is 481 g/mol. The van der Waals surface area contributed by atoms with Gasteiger partial charge >= 0.3 is 0 Å². The van der Waals surface area contributed by atoms with Crippen molar-refractivity contribution in [1.82, 2.24) is 19.9 Å². The first-order valence-electron chi connectivity index (χ1n) is 11.6. The minimum Gasteiger partial charge on any atom is -0.364 e. The summed E-state index contributed by atoms with van der Waals surface area (Å²) < 4.78 is 27.8. The number of aromatic nitrogens is 3.